The Bertz CT molecular complexity index is 840. The molecule has 4 rings (SSSR count). The number of benzene rings is 1. The molecule has 2 heterocycles. The first-order valence-electron chi connectivity index (χ1n) is 10.7. The molecule has 1 saturated carbocycles. The van der Waals surface area contributed by atoms with E-state index in [2.05, 4.69) is 45.8 Å². The SMILES string of the molecule is C[Si](C)(C)CCOCn1c(-c2ccc(NC[C@@H]3CCO3)c(N)c2)nnc1C1CC1. The number of nitrogens with one attached hydrogen (secondary N) is 1. The molecule has 1 aliphatic carbocycles. The van der Waals surface area contributed by atoms with E-state index in [0.717, 1.165) is 55.1 Å². The van der Waals surface area contributed by atoms with Crippen molar-refractivity contribution in [1.82, 2.24) is 14.8 Å². The molecule has 158 valence electrons. The van der Waals surface area contributed by atoms with Crippen molar-refractivity contribution in [3.63, 3.8) is 0 Å². The number of rotatable bonds is 10. The van der Waals surface area contributed by atoms with Crippen LogP contribution in [0.2, 0.25) is 25.7 Å². The van der Waals surface area contributed by atoms with E-state index < -0.39 is 8.07 Å². The van der Waals surface area contributed by atoms with Gasteiger partial charge in [-0.1, -0.05) is 19.6 Å². The lowest BCUT2D eigenvalue weighted by Crippen LogP contribution is -2.33. The lowest BCUT2D eigenvalue weighted by Gasteiger charge is -2.27. The van der Waals surface area contributed by atoms with Crippen LogP contribution in [0, 0.1) is 0 Å². The third-order valence-electron chi connectivity index (χ3n) is 5.56. The fourth-order valence-corrected chi connectivity index (χ4v) is 4.12. The molecule has 7 nitrogen and oxygen atoms in total. The maximum Gasteiger partial charge on any atom is 0.165 e. The Balaban J connectivity index is 1.47. The Morgan fingerprint density at radius 3 is 2.66 bits per heavy atom. The standard InChI is InChI=1S/C21H33N5O2Si/c1-29(2,3)11-10-27-14-26-20(15-4-5-15)24-25-21(26)16-6-7-19(18(22)12-16)23-13-17-8-9-28-17/h6-7,12,15,17,23H,4-5,8-11,13-14,22H2,1-3H3/t17-/m0/s1. The number of nitrogen functional groups attached to an aromatic ring is 1. The predicted molar refractivity (Wildman–Crippen MR) is 119 cm³/mol. The molecule has 2 aliphatic rings. The highest BCUT2D eigenvalue weighted by atomic mass is 28.3. The second-order valence-electron chi connectivity index (χ2n) is 9.40. The van der Waals surface area contributed by atoms with Crippen LogP contribution in [0.5, 0.6) is 0 Å². The van der Waals surface area contributed by atoms with Gasteiger partial charge in [-0.3, -0.25) is 4.57 Å². The zero-order valence-electron chi connectivity index (χ0n) is 17.8. The summed E-state index contributed by atoms with van der Waals surface area (Å²) >= 11 is 0. The Morgan fingerprint density at radius 1 is 1.24 bits per heavy atom. The number of aromatic nitrogens is 3. The minimum absolute atomic E-state index is 0.298. The monoisotopic (exact) mass is 415 g/mol. The third kappa shape index (κ3) is 5.18. The number of nitrogens with two attached hydrogens (primary N) is 1. The summed E-state index contributed by atoms with van der Waals surface area (Å²) in [6, 6.07) is 7.20. The molecule has 29 heavy (non-hydrogen) atoms. The van der Waals surface area contributed by atoms with E-state index in [1.807, 2.05) is 12.1 Å². The van der Waals surface area contributed by atoms with Gasteiger partial charge in [0.1, 0.15) is 12.6 Å². The number of nitrogens with zero attached hydrogens (tertiary/aromatic N) is 3. The molecule has 0 spiro atoms. The molecule has 2 aromatic rings. The van der Waals surface area contributed by atoms with E-state index in [9.17, 15) is 0 Å². The van der Waals surface area contributed by atoms with Crippen molar-refractivity contribution in [2.24, 2.45) is 0 Å². The van der Waals surface area contributed by atoms with Crippen molar-refractivity contribution < 1.29 is 9.47 Å². The van der Waals surface area contributed by atoms with Crippen LogP contribution in [-0.2, 0) is 16.2 Å². The van der Waals surface area contributed by atoms with Crippen molar-refractivity contribution in [1.29, 1.82) is 0 Å². The summed E-state index contributed by atoms with van der Waals surface area (Å²) in [6.45, 7) is 10.0. The average molecular weight is 416 g/mol. The molecule has 1 atom stereocenters. The summed E-state index contributed by atoms with van der Waals surface area (Å²) in [5.41, 5.74) is 8.94. The quantitative estimate of drug-likeness (QED) is 0.347. The molecular formula is C21H33N5O2Si. The first-order valence-corrected chi connectivity index (χ1v) is 14.4. The van der Waals surface area contributed by atoms with Gasteiger partial charge in [0.15, 0.2) is 5.82 Å². The van der Waals surface area contributed by atoms with Gasteiger partial charge in [-0.05, 0) is 43.5 Å². The molecule has 0 bridgehead atoms. The first kappa shape index (κ1) is 20.4. The summed E-state index contributed by atoms with van der Waals surface area (Å²) in [5, 5.41) is 12.4. The van der Waals surface area contributed by atoms with Gasteiger partial charge < -0.3 is 20.5 Å². The highest BCUT2D eigenvalue weighted by Crippen LogP contribution is 2.40. The van der Waals surface area contributed by atoms with Gasteiger partial charge >= 0.3 is 0 Å². The van der Waals surface area contributed by atoms with E-state index >= 15 is 0 Å². The van der Waals surface area contributed by atoms with Crippen LogP contribution < -0.4 is 11.1 Å². The Morgan fingerprint density at radius 2 is 2.03 bits per heavy atom. The molecule has 0 amide bonds. The van der Waals surface area contributed by atoms with E-state index in [0.29, 0.717) is 24.4 Å². The van der Waals surface area contributed by atoms with Crippen LogP contribution in [0.3, 0.4) is 0 Å². The predicted octanol–water partition coefficient (Wildman–Crippen LogP) is 3.92. The lowest BCUT2D eigenvalue weighted by molar-refractivity contribution is -0.0410. The van der Waals surface area contributed by atoms with Crippen molar-refractivity contribution in [2.75, 3.05) is 30.8 Å². The van der Waals surface area contributed by atoms with E-state index in [4.69, 9.17) is 15.2 Å². The van der Waals surface area contributed by atoms with E-state index in [1.54, 1.807) is 0 Å². The number of hydrogen-bond donors (Lipinski definition) is 2. The van der Waals surface area contributed by atoms with Gasteiger partial charge in [0, 0.05) is 39.3 Å². The van der Waals surface area contributed by atoms with Crippen LogP contribution in [0.1, 0.15) is 31.0 Å². The molecular weight excluding hydrogens is 382 g/mol. The van der Waals surface area contributed by atoms with E-state index in [1.165, 1.54) is 12.8 Å². The molecule has 2 fully saturated rings. The van der Waals surface area contributed by atoms with Gasteiger partial charge in [-0.25, -0.2) is 0 Å². The van der Waals surface area contributed by atoms with Gasteiger partial charge in [0.05, 0.1) is 17.5 Å². The van der Waals surface area contributed by atoms with Crippen LogP contribution in [-0.4, -0.2) is 48.7 Å². The fourth-order valence-electron chi connectivity index (χ4n) is 3.37. The van der Waals surface area contributed by atoms with Crippen LogP contribution in [0.25, 0.3) is 11.4 Å². The summed E-state index contributed by atoms with van der Waals surface area (Å²) in [7, 11) is -1.11. The first-order chi connectivity index (χ1) is 13.9. The zero-order valence-corrected chi connectivity index (χ0v) is 18.8. The molecule has 3 N–H and O–H groups in total. The Hall–Kier alpha value is -1.90. The summed E-state index contributed by atoms with van der Waals surface area (Å²) in [4.78, 5) is 0. The van der Waals surface area contributed by atoms with Crippen molar-refractivity contribution >= 4 is 19.4 Å². The molecule has 1 aromatic heterocycles. The van der Waals surface area contributed by atoms with Crippen LogP contribution in [0.15, 0.2) is 18.2 Å². The smallest absolute Gasteiger partial charge is 0.165 e. The van der Waals surface area contributed by atoms with Crippen LogP contribution in [0.4, 0.5) is 11.4 Å². The Labute approximate surface area is 174 Å². The summed E-state index contributed by atoms with van der Waals surface area (Å²) in [6.07, 6.45) is 3.77. The van der Waals surface area contributed by atoms with Gasteiger partial charge in [-0.15, -0.1) is 10.2 Å². The zero-order chi connectivity index (χ0) is 20.4. The minimum Gasteiger partial charge on any atom is -0.397 e. The second kappa shape index (κ2) is 8.45. The van der Waals surface area contributed by atoms with Crippen molar-refractivity contribution in [3.8, 4) is 11.4 Å². The molecule has 1 aromatic carbocycles. The largest absolute Gasteiger partial charge is 0.397 e. The summed E-state index contributed by atoms with van der Waals surface area (Å²) < 4.78 is 13.6. The highest BCUT2D eigenvalue weighted by Gasteiger charge is 2.31. The van der Waals surface area contributed by atoms with Crippen molar-refractivity contribution in [3.05, 3.63) is 24.0 Å². The number of ether oxygens (including phenoxy) is 2. The average Bonchev–Trinajstić information content (AvgIpc) is 3.38. The minimum atomic E-state index is -1.11. The summed E-state index contributed by atoms with van der Waals surface area (Å²) in [5.74, 6) is 2.38. The van der Waals surface area contributed by atoms with Gasteiger partial charge in [0.25, 0.3) is 0 Å². The fraction of sp³-hybridized carbons (Fsp3) is 0.619. The molecule has 1 saturated heterocycles. The Kier molecular flexibility index (Phi) is 5.94. The molecule has 0 radical (unpaired) electrons. The molecule has 1 aliphatic heterocycles. The normalized spacial score (nSPS) is 19.2. The van der Waals surface area contributed by atoms with Crippen LogP contribution >= 0.6 is 0 Å². The van der Waals surface area contributed by atoms with Crippen molar-refractivity contribution in [2.45, 2.75) is 63.7 Å². The lowest BCUT2D eigenvalue weighted by atomic mass is 10.1. The van der Waals surface area contributed by atoms with E-state index in [-0.39, 0.29) is 0 Å². The highest BCUT2D eigenvalue weighted by molar-refractivity contribution is 6.76. The molecule has 8 heteroatoms. The topological polar surface area (TPSA) is 87.2 Å². The maximum atomic E-state index is 6.32. The number of anilines is 2. The second-order valence-corrected chi connectivity index (χ2v) is 15.0. The number of hydrogen-bond acceptors (Lipinski definition) is 6. The third-order valence-corrected chi connectivity index (χ3v) is 7.27. The van der Waals surface area contributed by atoms with Gasteiger partial charge in [-0.2, -0.15) is 0 Å². The molecule has 0 unspecified atom stereocenters. The van der Waals surface area contributed by atoms with Gasteiger partial charge in [0.2, 0.25) is 0 Å². The maximum absolute atomic E-state index is 6.32.